The van der Waals surface area contributed by atoms with Crippen molar-refractivity contribution in [3.05, 3.63) is 59.7 Å². The van der Waals surface area contributed by atoms with Crippen molar-refractivity contribution in [2.45, 2.75) is 18.9 Å². The topological polar surface area (TPSA) is 90.6 Å². The fourth-order valence-corrected chi connectivity index (χ4v) is 3.06. The normalized spacial score (nSPS) is 13.3. The molecule has 1 aliphatic rings. The third-order valence-electron chi connectivity index (χ3n) is 4.39. The highest BCUT2D eigenvalue weighted by atomic mass is 16.6. The summed E-state index contributed by atoms with van der Waals surface area (Å²) in [6.07, 6.45) is 0.616. The first kappa shape index (κ1) is 16.5. The molecule has 6 heteroatoms. The van der Waals surface area contributed by atoms with Crippen LogP contribution in [0.1, 0.15) is 24.0 Å². The van der Waals surface area contributed by atoms with Crippen molar-refractivity contribution in [2.24, 2.45) is 0 Å². The van der Waals surface area contributed by atoms with Crippen molar-refractivity contribution in [3.8, 4) is 17.3 Å². The van der Waals surface area contributed by atoms with Gasteiger partial charge in [0.05, 0.1) is 0 Å². The Kier molecular flexibility index (Phi) is 4.40. The molecule has 0 bridgehead atoms. The smallest absolute Gasteiger partial charge is 0.423 e. The highest BCUT2D eigenvalue weighted by Gasteiger charge is 2.31. The molecule has 0 saturated heterocycles. The van der Waals surface area contributed by atoms with E-state index in [4.69, 9.17) is 15.1 Å². The zero-order valence-corrected chi connectivity index (χ0v) is 13.5. The largest absolute Gasteiger partial charge is 0.480 e. The van der Waals surface area contributed by atoms with E-state index in [-0.39, 0.29) is 12.5 Å². The number of nitriles is 1. The Balaban J connectivity index is 1.81. The zero-order chi connectivity index (χ0) is 18.0. The molecular weight excluding hydrogens is 320 g/mol. The van der Waals surface area contributed by atoms with Crippen molar-refractivity contribution in [2.75, 3.05) is 6.61 Å². The number of nitrogens with zero attached hydrogens (tertiary/aromatic N) is 2. The quantitative estimate of drug-likeness (QED) is 0.684. The van der Waals surface area contributed by atoms with E-state index < -0.39 is 18.1 Å². The number of benzene rings is 2. The van der Waals surface area contributed by atoms with Crippen LogP contribution in [-0.4, -0.2) is 34.7 Å². The van der Waals surface area contributed by atoms with E-state index in [0.29, 0.717) is 4.90 Å². The van der Waals surface area contributed by atoms with Gasteiger partial charge in [0.15, 0.2) is 6.19 Å². The summed E-state index contributed by atoms with van der Waals surface area (Å²) in [4.78, 5) is 23.6. The summed E-state index contributed by atoms with van der Waals surface area (Å²) in [6.45, 7) is 1.30. The fourth-order valence-electron chi connectivity index (χ4n) is 3.06. The third-order valence-corrected chi connectivity index (χ3v) is 4.39. The fraction of sp³-hybridized carbons (Fsp3) is 0.211. The Morgan fingerprint density at radius 2 is 1.68 bits per heavy atom. The number of ether oxygens (including phenoxy) is 1. The molecule has 0 aliphatic heterocycles. The van der Waals surface area contributed by atoms with Gasteiger partial charge in [-0.2, -0.15) is 10.2 Å². The molecule has 3 rings (SSSR count). The number of rotatable bonds is 4. The molecule has 0 radical (unpaired) electrons. The van der Waals surface area contributed by atoms with Crippen LogP contribution in [-0.2, 0) is 9.53 Å². The first-order chi connectivity index (χ1) is 12.0. The number of amides is 1. The lowest BCUT2D eigenvalue weighted by molar-refractivity contribution is -0.141. The molecule has 1 N–H and O–H groups in total. The van der Waals surface area contributed by atoms with Crippen molar-refractivity contribution in [1.82, 2.24) is 4.90 Å². The van der Waals surface area contributed by atoms with Gasteiger partial charge in [-0.3, -0.25) is 0 Å². The second-order valence-corrected chi connectivity index (χ2v) is 5.79. The molecule has 0 spiro atoms. The summed E-state index contributed by atoms with van der Waals surface area (Å²) >= 11 is 0. The molecule has 0 fully saturated rings. The Bertz CT molecular complexity index is 826. The summed E-state index contributed by atoms with van der Waals surface area (Å²) in [5.41, 5.74) is 4.28. The van der Waals surface area contributed by atoms with Crippen molar-refractivity contribution < 1.29 is 19.4 Å². The van der Waals surface area contributed by atoms with Gasteiger partial charge < -0.3 is 9.84 Å². The van der Waals surface area contributed by atoms with Crippen molar-refractivity contribution in [3.63, 3.8) is 0 Å². The number of hydrogen-bond acceptors (Lipinski definition) is 4. The van der Waals surface area contributed by atoms with Gasteiger partial charge in [-0.25, -0.2) is 9.59 Å². The van der Waals surface area contributed by atoms with Crippen LogP contribution in [0.2, 0.25) is 0 Å². The van der Waals surface area contributed by atoms with Gasteiger partial charge in [0.2, 0.25) is 0 Å². The molecule has 2 aromatic rings. The van der Waals surface area contributed by atoms with Gasteiger partial charge >= 0.3 is 12.1 Å². The molecule has 6 nitrogen and oxygen atoms in total. The number of carboxylic acid groups (broad SMARTS) is 1. The Hall–Kier alpha value is -3.33. The van der Waals surface area contributed by atoms with Crippen LogP contribution in [0.15, 0.2) is 48.5 Å². The summed E-state index contributed by atoms with van der Waals surface area (Å²) in [6, 6.07) is 14.5. The number of carboxylic acids is 1. The molecule has 0 heterocycles. The Morgan fingerprint density at radius 3 is 2.16 bits per heavy atom. The van der Waals surface area contributed by atoms with E-state index in [1.165, 1.54) is 6.92 Å². The monoisotopic (exact) mass is 336 g/mol. The minimum atomic E-state index is -1.28. The first-order valence-electron chi connectivity index (χ1n) is 7.81. The Morgan fingerprint density at radius 1 is 1.16 bits per heavy atom. The van der Waals surface area contributed by atoms with Crippen LogP contribution in [0.3, 0.4) is 0 Å². The standard InChI is InChI=1S/C19H16N2O4/c1-12(18(22)23)21(11-20)19(24)25-10-17-15-8-4-2-6-13(15)14-7-3-5-9-16(14)17/h2-9,12,17H,10H2,1H3,(H,22,23). The summed E-state index contributed by atoms with van der Waals surface area (Å²) in [7, 11) is 0. The van der Waals surface area contributed by atoms with E-state index in [9.17, 15) is 9.59 Å². The zero-order valence-electron chi connectivity index (χ0n) is 13.5. The minimum Gasteiger partial charge on any atom is -0.480 e. The van der Waals surface area contributed by atoms with Crippen LogP contribution in [0.4, 0.5) is 4.79 Å². The maximum atomic E-state index is 12.1. The van der Waals surface area contributed by atoms with Crippen molar-refractivity contribution in [1.29, 1.82) is 5.26 Å². The molecule has 1 unspecified atom stereocenters. The second-order valence-electron chi connectivity index (χ2n) is 5.79. The summed E-state index contributed by atoms with van der Waals surface area (Å²) < 4.78 is 5.27. The number of fused-ring (bicyclic) bond motifs is 3. The predicted molar refractivity (Wildman–Crippen MR) is 89.6 cm³/mol. The SMILES string of the molecule is CC(C(=O)O)N(C#N)C(=O)OCC1c2ccccc2-c2ccccc21. The number of hydrogen-bond donors (Lipinski definition) is 1. The molecule has 1 amide bonds. The lowest BCUT2D eigenvalue weighted by Gasteiger charge is -2.20. The number of carbonyl (C=O) groups is 2. The first-order valence-corrected chi connectivity index (χ1v) is 7.81. The molecule has 2 aromatic carbocycles. The molecule has 0 saturated carbocycles. The van der Waals surface area contributed by atoms with Gasteiger partial charge in [0, 0.05) is 5.92 Å². The van der Waals surface area contributed by atoms with E-state index in [2.05, 4.69) is 0 Å². The molecule has 0 aromatic heterocycles. The maximum absolute atomic E-state index is 12.1. The molecular formula is C19H16N2O4. The van der Waals surface area contributed by atoms with Gasteiger partial charge in [-0.05, 0) is 29.2 Å². The second kappa shape index (κ2) is 6.65. The van der Waals surface area contributed by atoms with Crippen LogP contribution < -0.4 is 0 Å². The lowest BCUT2D eigenvalue weighted by atomic mass is 9.98. The van der Waals surface area contributed by atoms with E-state index >= 15 is 0 Å². The van der Waals surface area contributed by atoms with E-state index in [0.717, 1.165) is 22.3 Å². The molecule has 1 atom stereocenters. The molecule has 1 aliphatic carbocycles. The average Bonchev–Trinajstić information content (AvgIpc) is 2.94. The Labute approximate surface area is 144 Å². The van der Waals surface area contributed by atoms with Gasteiger partial charge in [0.1, 0.15) is 12.6 Å². The van der Waals surface area contributed by atoms with Crippen LogP contribution in [0.5, 0.6) is 0 Å². The number of aliphatic carboxylic acids is 1. The minimum absolute atomic E-state index is 0.0391. The van der Waals surface area contributed by atoms with Gasteiger partial charge in [-0.15, -0.1) is 0 Å². The van der Waals surface area contributed by atoms with E-state index in [1.54, 1.807) is 6.19 Å². The maximum Gasteiger partial charge on any atom is 0.423 e. The molecule has 126 valence electrons. The van der Waals surface area contributed by atoms with Gasteiger partial charge in [-0.1, -0.05) is 48.5 Å². The average molecular weight is 336 g/mol. The number of carbonyl (C=O) groups excluding carboxylic acids is 1. The summed E-state index contributed by atoms with van der Waals surface area (Å²) in [5, 5.41) is 18.0. The highest BCUT2D eigenvalue weighted by molar-refractivity contribution is 5.81. The van der Waals surface area contributed by atoms with Crippen LogP contribution >= 0.6 is 0 Å². The predicted octanol–water partition coefficient (Wildman–Crippen LogP) is 3.19. The lowest BCUT2D eigenvalue weighted by Crippen LogP contribution is -2.40. The van der Waals surface area contributed by atoms with Crippen LogP contribution in [0.25, 0.3) is 11.1 Å². The summed E-state index contributed by atoms with van der Waals surface area (Å²) in [5.74, 6) is -1.41. The highest BCUT2D eigenvalue weighted by Crippen LogP contribution is 2.44. The molecule has 25 heavy (non-hydrogen) atoms. The van der Waals surface area contributed by atoms with Crippen molar-refractivity contribution >= 4 is 12.1 Å². The third kappa shape index (κ3) is 2.92. The van der Waals surface area contributed by atoms with Gasteiger partial charge in [0.25, 0.3) is 0 Å². The van der Waals surface area contributed by atoms with Crippen LogP contribution in [0, 0.1) is 11.5 Å². The van der Waals surface area contributed by atoms with E-state index in [1.807, 2.05) is 48.5 Å².